The van der Waals surface area contributed by atoms with Gasteiger partial charge in [-0.1, -0.05) is 57.9 Å². The summed E-state index contributed by atoms with van der Waals surface area (Å²) in [6.45, 7) is 15.7. The Labute approximate surface area is 423 Å². The standard InChI is InChI=1S/C52H65F3N8O6S2/c1-33(35-14-16-36(17-15-35)44-34(2)59-32-71-44)60-46(65)43-28-41(64)31-61(43)47(66)45(50(3,4)5)57-22-26-69-25-12-24-68-23-11-9-8-10-13-38-19-21-40(30-58-38)63-49(70)62(48(67)51(63,6)7)39-20-18-37(29-56)42(27-39)52(53,54)55/h14-21,27,30,32-33,41,43,45,57,64H,8-13,22-26,28,31H2,1-7H3,(H,60,65)/t33-,41+,43-,45?/m0/s1. The number of hydrogen-bond acceptors (Lipinski definition) is 12. The van der Waals surface area contributed by atoms with Crippen LogP contribution in [0.4, 0.5) is 24.5 Å². The highest BCUT2D eigenvalue weighted by Crippen LogP contribution is 2.40. The molecular formula is C52H65F3N8O6S2. The van der Waals surface area contributed by atoms with Gasteiger partial charge in [0, 0.05) is 45.0 Å². The fourth-order valence-electron chi connectivity index (χ4n) is 8.89. The van der Waals surface area contributed by atoms with E-state index in [0.29, 0.717) is 38.7 Å². The Morgan fingerprint density at radius 3 is 2.28 bits per heavy atom. The van der Waals surface area contributed by atoms with Crippen molar-refractivity contribution in [2.24, 2.45) is 5.41 Å². The lowest BCUT2D eigenvalue weighted by atomic mass is 9.85. The SMILES string of the molecule is Cc1ncsc1-c1ccc([C@H](C)NC(=O)[C@@H]2C[C@@H](O)CN2C(=O)C(NCCOCCCOCCCCCCc2ccc(N3C(=S)N(c4ccc(C#N)c(C(F)(F)F)c4)C(=O)C3(C)C)cn2)C(C)(C)C)cc1. The topological polar surface area (TPSA) is 173 Å². The first-order valence-electron chi connectivity index (χ1n) is 24.1. The molecule has 71 heavy (non-hydrogen) atoms. The van der Waals surface area contributed by atoms with E-state index in [9.17, 15) is 37.9 Å². The smallest absolute Gasteiger partial charge is 0.391 e. The molecule has 4 heterocycles. The summed E-state index contributed by atoms with van der Waals surface area (Å²) in [5.74, 6) is -1.03. The molecule has 2 aliphatic heterocycles. The number of nitrogens with one attached hydrogen (secondary N) is 2. The van der Waals surface area contributed by atoms with E-state index < -0.39 is 52.4 Å². The lowest BCUT2D eigenvalue weighted by Gasteiger charge is -2.35. The van der Waals surface area contributed by atoms with Gasteiger partial charge in [0.1, 0.15) is 11.6 Å². The summed E-state index contributed by atoms with van der Waals surface area (Å²) in [5.41, 5.74) is 2.77. The van der Waals surface area contributed by atoms with Crippen LogP contribution >= 0.6 is 23.6 Å². The molecule has 2 aromatic carbocycles. The number of carbonyl (C=O) groups is 3. The number of thiocarbonyl (C=S) groups is 1. The van der Waals surface area contributed by atoms with E-state index in [-0.39, 0.29) is 41.6 Å². The summed E-state index contributed by atoms with van der Waals surface area (Å²) in [6.07, 6.45) is 1.45. The van der Waals surface area contributed by atoms with Crippen molar-refractivity contribution in [3.63, 3.8) is 0 Å². The molecule has 4 aromatic rings. The highest BCUT2D eigenvalue weighted by atomic mass is 32.1. The highest BCUT2D eigenvalue weighted by molar-refractivity contribution is 7.81. The average molecular weight is 1020 g/mol. The zero-order valence-electron chi connectivity index (χ0n) is 41.5. The number of nitrogens with zero attached hydrogens (tertiary/aromatic N) is 6. The molecule has 14 nitrogen and oxygen atoms in total. The molecule has 2 saturated heterocycles. The normalized spacial score (nSPS) is 18.0. The van der Waals surface area contributed by atoms with Gasteiger partial charge in [-0.2, -0.15) is 18.4 Å². The van der Waals surface area contributed by atoms with Gasteiger partial charge in [0.2, 0.25) is 11.8 Å². The number of β-amino-alcohol motifs (C(OH)–C–C–N with tert-alkyl or cyclic N) is 1. The van der Waals surface area contributed by atoms with Crippen LogP contribution in [0.2, 0.25) is 0 Å². The van der Waals surface area contributed by atoms with Gasteiger partial charge in [0.25, 0.3) is 5.91 Å². The van der Waals surface area contributed by atoms with Gasteiger partial charge in [-0.25, -0.2) is 4.98 Å². The molecule has 4 atom stereocenters. The second-order valence-electron chi connectivity index (χ2n) is 19.7. The number of rotatable bonds is 22. The number of halogens is 3. The number of carbonyl (C=O) groups excluding carboxylic acids is 3. The number of aliphatic hydroxyl groups is 1. The number of anilines is 2. The van der Waals surface area contributed by atoms with Gasteiger partial charge in [0.05, 0.1) is 75.6 Å². The van der Waals surface area contributed by atoms with Crippen molar-refractivity contribution in [3.8, 4) is 16.5 Å². The number of amides is 3. The molecule has 0 bridgehead atoms. The van der Waals surface area contributed by atoms with Crippen LogP contribution in [0.25, 0.3) is 10.4 Å². The first-order chi connectivity index (χ1) is 33.6. The molecule has 6 rings (SSSR count). The molecule has 3 N–H and O–H groups in total. The Hall–Kier alpha value is -5.36. The lowest BCUT2D eigenvalue weighted by Crippen LogP contribution is -2.57. The summed E-state index contributed by atoms with van der Waals surface area (Å²) in [5, 5.41) is 26.3. The molecule has 3 amide bonds. The second kappa shape index (κ2) is 23.9. The third-order valence-corrected chi connectivity index (χ3v) is 14.2. The van der Waals surface area contributed by atoms with Crippen molar-refractivity contribution >= 4 is 57.8 Å². The predicted octanol–water partition coefficient (Wildman–Crippen LogP) is 8.69. The van der Waals surface area contributed by atoms with Crippen LogP contribution in [-0.4, -0.2) is 106 Å². The minimum absolute atomic E-state index is 0.0150. The second-order valence-corrected chi connectivity index (χ2v) is 20.9. The number of benzene rings is 2. The van der Waals surface area contributed by atoms with Crippen molar-refractivity contribution in [1.29, 1.82) is 5.26 Å². The number of pyridine rings is 1. The largest absolute Gasteiger partial charge is 0.417 e. The van der Waals surface area contributed by atoms with Gasteiger partial charge in [-0.15, -0.1) is 11.3 Å². The van der Waals surface area contributed by atoms with Gasteiger partial charge in [0.15, 0.2) is 5.11 Å². The van der Waals surface area contributed by atoms with Crippen LogP contribution in [-0.2, 0) is 36.5 Å². The molecule has 382 valence electrons. The van der Waals surface area contributed by atoms with Crippen LogP contribution in [0, 0.1) is 23.7 Å². The van der Waals surface area contributed by atoms with Crippen molar-refractivity contribution in [1.82, 2.24) is 25.5 Å². The average Bonchev–Trinajstić information content (AvgIpc) is 3.99. The number of alkyl halides is 3. The lowest BCUT2D eigenvalue weighted by molar-refractivity contribution is -0.142. The maximum Gasteiger partial charge on any atom is 0.417 e. The molecule has 2 aliphatic rings. The molecule has 2 fully saturated rings. The van der Waals surface area contributed by atoms with Crippen LogP contribution in [0.5, 0.6) is 0 Å². The number of aryl methyl sites for hydroxylation is 2. The fourth-order valence-corrected chi connectivity index (χ4v) is 10.2. The van der Waals surface area contributed by atoms with Crippen molar-refractivity contribution in [3.05, 3.63) is 94.4 Å². The van der Waals surface area contributed by atoms with E-state index >= 15 is 0 Å². The summed E-state index contributed by atoms with van der Waals surface area (Å²) >= 11 is 7.22. The molecule has 19 heteroatoms. The zero-order valence-corrected chi connectivity index (χ0v) is 43.1. The third kappa shape index (κ3) is 13.6. The number of ether oxygens (including phenoxy) is 2. The number of likely N-dealkylation sites (tertiary alicyclic amines) is 1. The van der Waals surface area contributed by atoms with Gasteiger partial charge >= 0.3 is 6.18 Å². The Morgan fingerprint density at radius 2 is 1.65 bits per heavy atom. The molecule has 2 aromatic heterocycles. The summed E-state index contributed by atoms with van der Waals surface area (Å²) in [6, 6.07) is 14.7. The Morgan fingerprint density at radius 1 is 0.972 bits per heavy atom. The molecule has 0 radical (unpaired) electrons. The van der Waals surface area contributed by atoms with Gasteiger partial charge < -0.3 is 35.0 Å². The summed E-state index contributed by atoms with van der Waals surface area (Å²) < 4.78 is 52.8. The van der Waals surface area contributed by atoms with Crippen LogP contribution in [0.3, 0.4) is 0 Å². The maximum atomic E-state index is 14.0. The van der Waals surface area contributed by atoms with Crippen LogP contribution in [0.1, 0.15) is 114 Å². The quantitative estimate of drug-likeness (QED) is 0.0506. The van der Waals surface area contributed by atoms with Crippen molar-refractivity contribution in [2.75, 3.05) is 49.3 Å². The van der Waals surface area contributed by atoms with Gasteiger partial charge in [-0.05, 0) is 112 Å². The highest BCUT2D eigenvalue weighted by Gasteiger charge is 2.51. The minimum Gasteiger partial charge on any atom is -0.391 e. The Bertz CT molecular complexity index is 2530. The number of thiazole rings is 1. The third-order valence-electron chi connectivity index (χ3n) is 12.8. The fraction of sp³-hybridized carbons (Fsp3) is 0.519. The van der Waals surface area contributed by atoms with E-state index in [1.54, 1.807) is 48.4 Å². The van der Waals surface area contributed by atoms with Crippen molar-refractivity contribution in [2.45, 2.75) is 129 Å². The number of aliphatic hydroxyl groups excluding tert-OH is 1. The zero-order chi connectivity index (χ0) is 51.7. The molecule has 0 aliphatic carbocycles. The number of unbranched alkanes of at least 4 members (excludes halogenated alkanes) is 3. The van der Waals surface area contributed by atoms with E-state index in [1.807, 2.05) is 70.5 Å². The van der Waals surface area contributed by atoms with Gasteiger partial charge in [-0.3, -0.25) is 24.3 Å². The Kier molecular flexibility index (Phi) is 18.5. The van der Waals surface area contributed by atoms with E-state index in [0.717, 1.165) is 82.9 Å². The summed E-state index contributed by atoms with van der Waals surface area (Å²) in [4.78, 5) is 55.4. The monoisotopic (exact) mass is 1020 g/mol. The van der Waals surface area contributed by atoms with E-state index in [4.69, 9.17) is 21.7 Å². The van der Waals surface area contributed by atoms with Crippen LogP contribution < -0.4 is 20.4 Å². The number of aromatic nitrogens is 2. The maximum absolute atomic E-state index is 14.0. The molecule has 0 saturated carbocycles. The van der Waals surface area contributed by atoms with E-state index in [2.05, 4.69) is 20.6 Å². The molecular weight excluding hydrogens is 954 g/mol. The minimum atomic E-state index is -4.79. The first-order valence-corrected chi connectivity index (χ1v) is 25.4. The van der Waals surface area contributed by atoms with E-state index in [1.165, 1.54) is 11.0 Å². The molecule has 0 spiro atoms. The molecule has 1 unspecified atom stereocenters. The number of nitriles is 1. The summed E-state index contributed by atoms with van der Waals surface area (Å²) in [7, 11) is 0. The van der Waals surface area contributed by atoms with Crippen molar-refractivity contribution < 1.29 is 42.1 Å². The predicted molar refractivity (Wildman–Crippen MR) is 272 cm³/mol. The first kappa shape index (κ1) is 55.0. The number of hydrogen-bond donors (Lipinski definition) is 3. The Balaban J connectivity index is 0.844. The van der Waals surface area contributed by atoms with Crippen LogP contribution in [0.15, 0.2) is 66.3 Å².